The first kappa shape index (κ1) is 10.7. The standard InChI is InChI=1S/C11H15ClN2O/c1-8-5-10(12)6-11(13-8)14-3-4-15-7-9(14)2/h5-6,9H,3-4,7H2,1-2H3. The molecule has 0 aliphatic carbocycles. The minimum atomic E-state index is 0.365. The first-order valence-electron chi connectivity index (χ1n) is 5.15. The van der Waals surface area contributed by atoms with Crippen molar-refractivity contribution in [2.45, 2.75) is 19.9 Å². The average Bonchev–Trinajstić information content (AvgIpc) is 2.16. The lowest BCUT2D eigenvalue weighted by Crippen LogP contribution is -2.44. The predicted molar refractivity (Wildman–Crippen MR) is 61.6 cm³/mol. The summed E-state index contributed by atoms with van der Waals surface area (Å²) in [6.45, 7) is 6.50. The third kappa shape index (κ3) is 2.41. The number of halogens is 1. The van der Waals surface area contributed by atoms with Gasteiger partial charge in [0, 0.05) is 17.3 Å². The molecule has 1 saturated heterocycles. The molecule has 2 rings (SSSR count). The van der Waals surface area contributed by atoms with Gasteiger partial charge in [-0.25, -0.2) is 4.98 Å². The predicted octanol–water partition coefficient (Wildman–Crippen LogP) is 2.27. The van der Waals surface area contributed by atoms with Gasteiger partial charge in [0.1, 0.15) is 5.82 Å². The number of rotatable bonds is 1. The first-order chi connectivity index (χ1) is 7.16. The normalized spacial score (nSPS) is 21.8. The van der Waals surface area contributed by atoms with Crippen molar-refractivity contribution < 1.29 is 4.74 Å². The molecule has 0 radical (unpaired) electrons. The summed E-state index contributed by atoms with van der Waals surface area (Å²) < 4.78 is 5.39. The van der Waals surface area contributed by atoms with Gasteiger partial charge in [0.25, 0.3) is 0 Å². The summed E-state index contributed by atoms with van der Waals surface area (Å²) in [6.07, 6.45) is 0. The Balaban J connectivity index is 2.27. The van der Waals surface area contributed by atoms with Gasteiger partial charge in [-0.1, -0.05) is 11.6 Å². The molecule has 0 amide bonds. The van der Waals surface area contributed by atoms with Crippen LogP contribution >= 0.6 is 11.6 Å². The van der Waals surface area contributed by atoms with E-state index >= 15 is 0 Å². The molecule has 1 unspecified atom stereocenters. The van der Waals surface area contributed by atoms with E-state index in [0.29, 0.717) is 6.04 Å². The van der Waals surface area contributed by atoms with Crippen molar-refractivity contribution in [2.75, 3.05) is 24.7 Å². The van der Waals surface area contributed by atoms with Crippen LogP contribution in [0.25, 0.3) is 0 Å². The number of morpholine rings is 1. The van der Waals surface area contributed by atoms with E-state index in [-0.39, 0.29) is 0 Å². The third-order valence-corrected chi connectivity index (χ3v) is 2.78. The summed E-state index contributed by atoms with van der Waals surface area (Å²) in [5.41, 5.74) is 0.955. The van der Waals surface area contributed by atoms with Crippen molar-refractivity contribution in [1.82, 2.24) is 4.98 Å². The molecule has 1 aliphatic rings. The van der Waals surface area contributed by atoms with E-state index in [1.54, 1.807) is 0 Å². The number of nitrogens with zero attached hydrogens (tertiary/aromatic N) is 2. The van der Waals surface area contributed by atoms with E-state index in [0.717, 1.165) is 36.3 Å². The smallest absolute Gasteiger partial charge is 0.130 e. The van der Waals surface area contributed by atoms with Crippen LogP contribution in [0, 0.1) is 6.92 Å². The van der Waals surface area contributed by atoms with Crippen LogP contribution in [0.2, 0.25) is 5.02 Å². The molecule has 0 aromatic carbocycles. The lowest BCUT2D eigenvalue weighted by atomic mass is 10.2. The zero-order valence-electron chi connectivity index (χ0n) is 9.03. The summed E-state index contributed by atoms with van der Waals surface area (Å²) in [5.74, 6) is 0.954. The lowest BCUT2D eigenvalue weighted by molar-refractivity contribution is 0.0985. The minimum absolute atomic E-state index is 0.365. The van der Waals surface area contributed by atoms with Gasteiger partial charge in [0.15, 0.2) is 0 Å². The fourth-order valence-corrected chi connectivity index (χ4v) is 2.08. The fourth-order valence-electron chi connectivity index (χ4n) is 1.82. The largest absolute Gasteiger partial charge is 0.377 e. The SMILES string of the molecule is Cc1cc(Cl)cc(N2CCOCC2C)n1. The molecule has 4 heteroatoms. The van der Waals surface area contributed by atoms with Gasteiger partial charge in [0.05, 0.1) is 19.3 Å². The highest BCUT2D eigenvalue weighted by molar-refractivity contribution is 6.30. The summed E-state index contributed by atoms with van der Waals surface area (Å²) in [6, 6.07) is 4.15. The third-order valence-electron chi connectivity index (χ3n) is 2.57. The van der Waals surface area contributed by atoms with E-state index in [1.807, 2.05) is 19.1 Å². The molecule has 1 fully saturated rings. The number of ether oxygens (including phenoxy) is 1. The Morgan fingerprint density at radius 1 is 1.53 bits per heavy atom. The Labute approximate surface area is 95.0 Å². The van der Waals surface area contributed by atoms with E-state index in [9.17, 15) is 0 Å². The Kier molecular flexibility index (Phi) is 3.12. The zero-order chi connectivity index (χ0) is 10.8. The number of hydrogen-bond donors (Lipinski definition) is 0. The van der Waals surface area contributed by atoms with Gasteiger partial charge in [-0.05, 0) is 26.0 Å². The summed E-state index contributed by atoms with van der Waals surface area (Å²) in [7, 11) is 0. The van der Waals surface area contributed by atoms with Crippen molar-refractivity contribution in [3.8, 4) is 0 Å². The highest BCUT2D eigenvalue weighted by Crippen LogP contribution is 2.21. The van der Waals surface area contributed by atoms with Crippen molar-refractivity contribution in [2.24, 2.45) is 0 Å². The van der Waals surface area contributed by atoms with Gasteiger partial charge in [0.2, 0.25) is 0 Å². The Hall–Kier alpha value is -0.800. The number of aromatic nitrogens is 1. The first-order valence-corrected chi connectivity index (χ1v) is 5.53. The average molecular weight is 227 g/mol. The van der Waals surface area contributed by atoms with Crippen LogP contribution < -0.4 is 4.90 Å². The molecule has 1 aromatic heterocycles. The molecule has 1 aliphatic heterocycles. The number of aryl methyl sites for hydroxylation is 1. The molecule has 2 heterocycles. The monoisotopic (exact) mass is 226 g/mol. The Morgan fingerprint density at radius 2 is 2.33 bits per heavy atom. The maximum Gasteiger partial charge on any atom is 0.130 e. The van der Waals surface area contributed by atoms with Crippen LogP contribution in [-0.4, -0.2) is 30.8 Å². The van der Waals surface area contributed by atoms with Crippen molar-refractivity contribution in [1.29, 1.82) is 0 Å². The molecule has 0 N–H and O–H groups in total. The van der Waals surface area contributed by atoms with Crippen molar-refractivity contribution in [3.05, 3.63) is 22.8 Å². The second-order valence-corrected chi connectivity index (χ2v) is 4.34. The number of hydrogen-bond acceptors (Lipinski definition) is 3. The van der Waals surface area contributed by atoms with Crippen LogP contribution in [0.3, 0.4) is 0 Å². The number of anilines is 1. The highest BCUT2D eigenvalue weighted by atomic mass is 35.5. The van der Waals surface area contributed by atoms with Gasteiger partial charge < -0.3 is 9.64 Å². The Bertz CT molecular complexity index is 336. The van der Waals surface area contributed by atoms with E-state index in [2.05, 4.69) is 16.8 Å². The van der Waals surface area contributed by atoms with E-state index < -0.39 is 0 Å². The molecule has 1 atom stereocenters. The van der Waals surface area contributed by atoms with Gasteiger partial charge >= 0.3 is 0 Å². The molecule has 1 aromatic rings. The van der Waals surface area contributed by atoms with Crippen LogP contribution in [0.1, 0.15) is 12.6 Å². The van der Waals surface area contributed by atoms with Crippen LogP contribution in [-0.2, 0) is 4.74 Å². The molecule has 3 nitrogen and oxygen atoms in total. The molecule has 82 valence electrons. The van der Waals surface area contributed by atoms with Crippen LogP contribution in [0.5, 0.6) is 0 Å². The highest BCUT2D eigenvalue weighted by Gasteiger charge is 2.20. The number of pyridine rings is 1. The van der Waals surface area contributed by atoms with Gasteiger partial charge in [-0.3, -0.25) is 0 Å². The molecule has 0 saturated carbocycles. The summed E-state index contributed by atoms with van der Waals surface area (Å²) >= 11 is 6.02. The van der Waals surface area contributed by atoms with E-state index in [4.69, 9.17) is 16.3 Å². The molecule has 0 bridgehead atoms. The summed E-state index contributed by atoms with van der Waals surface area (Å²) in [5, 5.41) is 0.746. The van der Waals surface area contributed by atoms with Crippen molar-refractivity contribution in [3.63, 3.8) is 0 Å². The van der Waals surface area contributed by atoms with Gasteiger partial charge in [-0.15, -0.1) is 0 Å². The maximum atomic E-state index is 6.02. The molecule has 0 spiro atoms. The topological polar surface area (TPSA) is 25.4 Å². The minimum Gasteiger partial charge on any atom is -0.377 e. The van der Waals surface area contributed by atoms with Gasteiger partial charge in [-0.2, -0.15) is 0 Å². The second-order valence-electron chi connectivity index (χ2n) is 3.90. The fraction of sp³-hybridized carbons (Fsp3) is 0.545. The van der Waals surface area contributed by atoms with Crippen LogP contribution in [0.4, 0.5) is 5.82 Å². The van der Waals surface area contributed by atoms with Crippen molar-refractivity contribution >= 4 is 17.4 Å². The molecular weight excluding hydrogens is 212 g/mol. The lowest BCUT2D eigenvalue weighted by Gasteiger charge is -2.34. The quantitative estimate of drug-likeness (QED) is 0.735. The second kappa shape index (κ2) is 4.37. The van der Waals surface area contributed by atoms with E-state index in [1.165, 1.54) is 0 Å². The maximum absolute atomic E-state index is 6.02. The summed E-state index contributed by atoms with van der Waals surface area (Å²) in [4.78, 5) is 6.73. The zero-order valence-corrected chi connectivity index (χ0v) is 9.79. The Morgan fingerprint density at radius 3 is 3.00 bits per heavy atom. The molecular formula is C11H15ClN2O. The van der Waals surface area contributed by atoms with Crippen LogP contribution in [0.15, 0.2) is 12.1 Å². The molecule has 15 heavy (non-hydrogen) atoms.